The van der Waals surface area contributed by atoms with Crippen LogP contribution in [0.2, 0.25) is 0 Å². The number of ether oxygens (including phenoxy) is 1. The van der Waals surface area contributed by atoms with Crippen LogP contribution in [0.15, 0.2) is 53.0 Å². The number of aromatic nitrogens is 1. The Hall–Kier alpha value is -2.40. The van der Waals surface area contributed by atoms with E-state index in [9.17, 15) is 4.79 Å². The molecule has 0 spiro atoms. The van der Waals surface area contributed by atoms with Crippen LogP contribution in [0.3, 0.4) is 0 Å². The van der Waals surface area contributed by atoms with Crippen molar-refractivity contribution in [2.75, 3.05) is 6.61 Å². The molecule has 4 bridgehead atoms. The van der Waals surface area contributed by atoms with Gasteiger partial charge in [-0.25, -0.2) is 4.98 Å². The highest BCUT2D eigenvalue weighted by atomic mass is 79.9. The molecule has 4 aliphatic rings. The molecule has 1 amide bonds. The third kappa shape index (κ3) is 4.26. The molecule has 4 fully saturated rings. The van der Waals surface area contributed by atoms with Gasteiger partial charge >= 0.3 is 0 Å². The maximum atomic E-state index is 13.8. The molecular weight excluding hydrogens is 500 g/mol. The van der Waals surface area contributed by atoms with Crippen LogP contribution in [0.5, 0.6) is 5.75 Å². The summed E-state index contributed by atoms with van der Waals surface area (Å²) in [5.41, 5.74) is 3.51. The van der Waals surface area contributed by atoms with Gasteiger partial charge in [-0.05, 0) is 112 Å². The number of amides is 1. The summed E-state index contributed by atoms with van der Waals surface area (Å²) in [6.45, 7) is 4.83. The highest BCUT2D eigenvalue weighted by molar-refractivity contribution is 9.10. The van der Waals surface area contributed by atoms with Crippen LogP contribution in [-0.4, -0.2) is 23.5 Å². The van der Waals surface area contributed by atoms with Gasteiger partial charge in [0.05, 0.1) is 23.4 Å². The lowest BCUT2D eigenvalue weighted by Gasteiger charge is -2.59. The van der Waals surface area contributed by atoms with Gasteiger partial charge in [-0.2, -0.15) is 0 Å². The number of fused-ring (bicyclic) bond motifs is 1. The van der Waals surface area contributed by atoms with Crippen LogP contribution >= 0.6 is 15.9 Å². The summed E-state index contributed by atoms with van der Waals surface area (Å²) in [6.07, 6.45) is 8.06. The summed E-state index contributed by atoms with van der Waals surface area (Å²) in [5.74, 6) is 3.40. The van der Waals surface area contributed by atoms with Crippen molar-refractivity contribution in [2.45, 2.75) is 58.4 Å². The van der Waals surface area contributed by atoms with Gasteiger partial charge in [-0.1, -0.05) is 28.1 Å². The molecule has 1 N–H and O–H groups in total. The summed E-state index contributed by atoms with van der Waals surface area (Å²) >= 11 is 3.59. The van der Waals surface area contributed by atoms with Crippen LogP contribution in [0.1, 0.15) is 62.7 Å². The van der Waals surface area contributed by atoms with Gasteiger partial charge < -0.3 is 10.1 Å². The molecule has 1 aromatic heterocycles. The quantitative estimate of drug-likeness (QED) is 0.359. The number of carbonyl (C=O) groups is 1. The number of hydrogen-bond acceptors (Lipinski definition) is 3. The topological polar surface area (TPSA) is 51.2 Å². The van der Waals surface area contributed by atoms with E-state index < -0.39 is 0 Å². The van der Waals surface area contributed by atoms with E-state index in [1.54, 1.807) is 0 Å². The van der Waals surface area contributed by atoms with Crippen molar-refractivity contribution in [2.24, 2.45) is 23.2 Å². The third-order valence-corrected chi connectivity index (χ3v) is 9.30. The fraction of sp³-hybridized carbons (Fsp3) is 0.467. The molecule has 0 radical (unpaired) electrons. The van der Waals surface area contributed by atoms with Gasteiger partial charge in [-0.15, -0.1) is 0 Å². The second kappa shape index (κ2) is 8.92. The second-order valence-corrected chi connectivity index (χ2v) is 12.1. The number of rotatable bonds is 6. The second-order valence-electron chi connectivity index (χ2n) is 11.2. The first-order chi connectivity index (χ1) is 16.9. The fourth-order valence-electron chi connectivity index (χ4n) is 7.58. The summed E-state index contributed by atoms with van der Waals surface area (Å²) < 4.78 is 6.65. The van der Waals surface area contributed by atoms with Crippen LogP contribution in [0, 0.1) is 23.2 Å². The first kappa shape index (κ1) is 23.0. The zero-order chi connectivity index (χ0) is 24.2. The zero-order valence-corrected chi connectivity index (χ0v) is 22.1. The molecule has 0 saturated heterocycles. The maximum absolute atomic E-state index is 13.8. The lowest BCUT2D eigenvalue weighted by atomic mass is 9.48. The van der Waals surface area contributed by atoms with E-state index in [-0.39, 0.29) is 17.4 Å². The lowest BCUT2D eigenvalue weighted by molar-refractivity contribution is -0.0687. The molecule has 4 nitrogen and oxygen atoms in total. The molecule has 0 unspecified atom stereocenters. The Morgan fingerprint density at radius 3 is 2.49 bits per heavy atom. The SMILES string of the molecule is CCOc1cccc(-c2cc(C(=O)N[C@@H](C)C34CC5CC(CC(C5)C3)C4)c3cc(Br)ccc3n2)c1. The van der Waals surface area contributed by atoms with Gasteiger partial charge in [0, 0.05) is 21.5 Å². The number of nitrogens with zero attached hydrogens (tertiary/aromatic N) is 1. The Morgan fingerprint density at radius 2 is 1.80 bits per heavy atom. The summed E-state index contributed by atoms with van der Waals surface area (Å²) in [4.78, 5) is 18.8. The monoisotopic (exact) mass is 532 g/mol. The number of carbonyl (C=O) groups excluding carboxylic acids is 1. The normalized spacial score (nSPS) is 27.7. The van der Waals surface area contributed by atoms with Crippen molar-refractivity contribution < 1.29 is 9.53 Å². The molecule has 7 rings (SSSR count). The number of benzene rings is 2. The van der Waals surface area contributed by atoms with E-state index >= 15 is 0 Å². The van der Waals surface area contributed by atoms with Crippen LogP contribution in [-0.2, 0) is 0 Å². The summed E-state index contributed by atoms with van der Waals surface area (Å²) in [6, 6.07) is 16.0. The number of pyridine rings is 1. The molecule has 4 aliphatic carbocycles. The van der Waals surface area contributed by atoms with Gasteiger partial charge in [0.15, 0.2) is 0 Å². The van der Waals surface area contributed by atoms with Crippen LogP contribution < -0.4 is 10.1 Å². The molecule has 5 heteroatoms. The minimum Gasteiger partial charge on any atom is -0.494 e. The van der Waals surface area contributed by atoms with Crippen molar-refractivity contribution in [3.63, 3.8) is 0 Å². The van der Waals surface area contributed by atoms with Gasteiger partial charge in [-0.3, -0.25) is 4.79 Å². The van der Waals surface area contributed by atoms with E-state index in [1.807, 2.05) is 55.5 Å². The average Bonchev–Trinajstić information content (AvgIpc) is 2.83. The summed E-state index contributed by atoms with van der Waals surface area (Å²) in [7, 11) is 0. The molecule has 3 aromatic rings. The van der Waals surface area contributed by atoms with E-state index in [1.165, 1.54) is 38.5 Å². The predicted octanol–water partition coefficient (Wildman–Crippen LogP) is 7.40. The van der Waals surface area contributed by atoms with Crippen molar-refractivity contribution >= 4 is 32.7 Å². The van der Waals surface area contributed by atoms with Crippen molar-refractivity contribution in [1.29, 1.82) is 0 Å². The fourth-order valence-corrected chi connectivity index (χ4v) is 7.94. The summed E-state index contributed by atoms with van der Waals surface area (Å²) in [5, 5.41) is 4.34. The van der Waals surface area contributed by atoms with Crippen LogP contribution in [0.25, 0.3) is 22.2 Å². The molecule has 2 aromatic carbocycles. The molecular formula is C30H33BrN2O2. The predicted molar refractivity (Wildman–Crippen MR) is 144 cm³/mol. The largest absolute Gasteiger partial charge is 0.494 e. The molecule has 1 atom stereocenters. The van der Waals surface area contributed by atoms with Gasteiger partial charge in [0.2, 0.25) is 0 Å². The molecule has 35 heavy (non-hydrogen) atoms. The minimum absolute atomic E-state index is 0.000887. The Kier molecular flexibility index (Phi) is 5.87. The number of halogens is 1. The Morgan fingerprint density at radius 1 is 1.09 bits per heavy atom. The number of hydrogen-bond donors (Lipinski definition) is 1. The van der Waals surface area contributed by atoms with Gasteiger partial charge in [0.1, 0.15) is 5.75 Å². The minimum atomic E-state index is 0.000887. The lowest BCUT2D eigenvalue weighted by Crippen LogP contribution is -2.55. The molecule has 4 saturated carbocycles. The average molecular weight is 534 g/mol. The van der Waals surface area contributed by atoms with Crippen molar-refractivity contribution in [1.82, 2.24) is 10.3 Å². The standard InChI is InChI=1S/C30H33BrN2O2/c1-3-35-24-6-4-5-22(12-24)28-14-26(25-13-23(31)7-8-27(25)33-28)29(34)32-18(2)30-15-19-9-20(16-30)11-21(10-19)17-30/h4-8,12-14,18-21H,3,9-11,15-17H2,1-2H3,(H,32,34)/t18-,19?,20?,21?,30?/m0/s1. The first-order valence-corrected chi connectivity index (χ1v) is 13.9. The Labute approximate surface area is 216 Å². The molecule has 1 heterocycles. The van der Waals surface area contributed by atoms with Crippen LogP contribution in [0.4, 0.5) is 0 Å². The molecule has 182 valence electrons. The maximum Gasteiger partial charge on any atom is 0.252 e. The van der Waals surface area contributed by atoms with E-state index in [4.69, 9.17) is 9.72 Å². The van der Waals surface area contributed by atoms with Gasteiger partial charge in [0.25, 0.3) is 5.91 Å². The number of nitrogens with one attached hydrogen (secondary N) is 1. The van der Waals surface area contributed by atoms with Crippen molar-refractivity contribution in [3.05, 3.63) is 58.6 Å². The van der Waals surface area contributed by atoms with Crippen molar-refractivity contribution in [3.8, 4) is 17.0 Å². The Bertz CT molecular complexity index is 1250. The van der Waals surface area contributed by atoms with E-state index in [2.05, 4.69) is 28.2 Å². The Balaban J connectivity index is 1.35. The zero-order valence-electron chi connectivity index (χ0n) is 20.5. The highest BCUT2D eigenvalue weighted by Crippen LogP contribution is 2.61. The van der Waals surface area contributed by atoms with E-state index in [0.29, 0.717) is 12.2 Å². The smallest absolute Gasteiger partial charge is 0.252 e. The van der Waals surface area contributed by atoms with E-state index in [0.717, 1.165) is 50.1 Å². The molecule has 0 aliphatic heterocycles. The third-order valence-electron chi connectivity index (χ3n) is 8.81. The first-order valence-electron chi connectivity index (χ1n) is 13.1. The highest BCUT2D eigenvalue weighted by Gasteiger charge is 2.53.